The van der Waals surface area contributed by atoms with Gasteiger partial charge in [-0.05, 0) is 39.0 Å². The molecule has 0 aliphatic carbocycles. The molecule has 194 valence electrons. The van der Waals surface area contributed by atoms with Crippen LogP contribution in [-0.2, 0) is 22.2 Å². The van der Waals surface area contributed by atoms with Crippen LogP contribution in [0.2, 0.25) is 0 Å². The minimum atomic E-state index is -5.12. The Bertz CT molecular complexity index is 1350. The Labute approximate surface area is 201 Å². The molecule has 0 spiro atoms. The maximum absolute atomic E-state index is 13.1. The van der Waals surface area contributed by atoms with Gasteiger partial charge in [-0.15, -0.1) is 0 Å². The predicted molar refractivity (Wildman–Crippen MR) is 114 cm³/mol. The summed E-state index contributed by atoms with van der Waals surface area (Å²) in [5.41, 5.74) is -4.10. The summed E-state index contributed by atoms with van der Waals surface area (Å²) in [7, 11) is -3.67. The van der Waals surface area contributed by atoms with E-state index in [2.05, 4.69) is 20.4 Å². The van der Waals surface area contributed by atoms with Gasteiger partial charge in [-0.25, -0.2) is 18.1 Å². The van der Waals surface area contributed by atoms with E-state index in [0.29, 0.717) is 12.1 Å². The lowest BCUT2D eigenvalue weighted by molar-refractivity contribution is -0.143. The molecule has 0 saturated heterocycles. The van der Waals surface area contributed by atoms with Crippen molar-refractivity contribution in [1.29, 1.82) is 0 Å². The van der Waals surface area contributed by atoms with E-state index < -0.39 is 56.1 Å². The molecule has 8 nitrogen and oxygen atoms in total. The van der Waals surface area contributed by atoms with Crippen molar-refractivity contribution in [2.24, 2.45) is 0 Å². The van der Waals surface area contributed by atoms with E-state index in [1.165, 1.54) is 39.4 Å². The average Bonchev–Trinajstić information content (AvgIpc) is 3.28. The zero-order chi connectivity index (χ0) is 27.1. The lowest BCUT2D eigenvalue weighted by atomic mass is 10.0. The molecule has 1 aromatic carbocycles. The highest BCUT2D eigenvalue weighted by Gasteiger charge is 2.37. The average molecular weight is 535 g/mol. The van der Waals surface area contributed by atoms with Crippen LogP contribution in [0.5, 0.6) is 0 Å². The highest BCUT2D eigenvalue weighted by Crippen LogP contribution is 2.36. The lowest BCUT2D eigenvalue weighted by Crippen LogP contribution is -2.29. The standard InChI is InChI=1S/C21H19F6N5O3S/c1-11(2)36(34,35)16-9-30-32(10-16)18-17(28-4-5-29-18)12(3)31-19(33)13-6-14(20(22,23)24)8-15(7-13)21(25,26)27/h4-12H,1-3H3,(H,31,33). The highest BCUT2D eigenvalue weighted by atomic mass is 32.2. The summed E-state index contributed by atoms with van der Waals surface area (Å²) in [6.45, 7) is 4.34. The molecule has 0 aliphatic heterocycles. The normalized spacial score (nSPS) is 13.6. The third-order valence-corrected chi connectivity index (χ3v) is 7.15. The molecule has 2 aromatic heterocycles. The van der Waals surface area contributed by atoms with E-state index in [-0.39, 0.29) is 22.5 Å². The number of carbonyl (C=O) groups is 1. The van der Waals surface area contributed by atoms with Gasteiger partial charge in [0, 0.05) is 18.0 Å². The summed E-state index contributed by atoms with van der Waals surface area (Å²) in [6, 6.07) is -0.530. The van der Waals surface area contributed by atoms with Gasteiger partial charge < -0.3 is 5.32 Å². The molecule has 3 aromatic rings. The zero-order valence-corrected chi connectivity index (χ0v) is 19.7. The van der Waals surface area contributed by atoms with Crippen molar-refractivity contribution in [1.82, 2.24) is 25.1 Å². The second-order valence-electron chi connectivity index (χ2n) is 7.97. The van der Waals surface area contributed by atoms with Crippen molar-refractivity contribution in [2.45, 2.75) is 49.3 Å². The summed E-state index contributed by atoms with van der Waals surface area (Å²) >= 11 is 0. The van der Waals surface area contributed by atoms with E-state index in [9.17, 15) is 39.6 Å². The van der Waals surface area contributed by atoms with Crippen LogP contribution in [0.4, 0.5) is 26.3 Å². The van der Waals surface area contributed by atoms with Crippen LogP contribution in [0.25, 0.3) is 5.82 Å². The van der Waals surface area contributed by atoms with E-state index in [1.807, 2.05) is 0 Å². The quantitative estimate of drug-likeness (QED) is 0.470. The number of rotatable bonds is 6. The van der Waals surface area contributed by atoms with Crippen LogP contribution in [0, 0.1) is 0 Å². The smallest absolute Gasteiger partial charge is 0.344 e. The van der Waals surface area contributed by atoms with Gasteiger partial charge in [-0.3, -0.25) is 9.78 Å². The Morgan fingerprint density at radius 3 is 2.03 bits per heavy atom. The molecule has 15 heteroatoms. The minimum absolute atomic E-state index is 0.00414. The van der Waals surface area contributed by atoms with Crippen molar-refractivity contribution in [3.05, 3.63) is 65.4 Å². The van der Waals surface area contributed by atoms with Gasteiger partial charge in [0.2, 0.25) is 0 Å². The molecule has 0 radical (unpaired) electrons. The van der Waals surface area contributed by atoms with Crippen LogP contribution in [0.3, 0.4) is 0 Å². The third kappa shape index (κ3) is 5.66. The topological polar surface area (TPSA) is 107 Å². The number of nitrogens with zero attached hydrogens (tertiary/aromatic N) is 4. The van der Waals surface area contributed by atoms with Gasteiger partial charge >= 0.3 is 12.4 Å². The Balaban J connectivity index is 1.95. The summed E-state index contributed by atoms with van der Waals surface area (Å²) in [4.78, 5) is 20.7. The molecule has 1 N–H and O–H groups in total. The number of sulfone groups is 1. The first-order valence-corrected chi connectivity index (χ1v) is 11.8. The van der Waals surface area contributed by atoms with Crippen LogP contribution in [0.15, 0.2) is 47.9 Å². The molecule has 2 heterocycles. The highest BCUT2D eigenvalue weighted by molar-refractivity contribution is 7.92. The van der Waals surface area contributed by atoms with E-state index >= 15 is 0 Å². The number of hydrogen-bond acceptors (Lipinski definition) is 6. The van der Waals surface area contributed by atoms with E-state index in [1.54, 1.807) is 0 Å². The summed E-state index contributed by atoms with van der Waals surface area (Å²) in [6.07, 6.45) is -5.46. The minimum Gasteiger partial charge on any atom is -0.344 e. The SMILES string of the molecule is CC(NC(=O)c1cc(C(F)(F)F)cc(C(F)(F)F)c1)c1nccnc1-n1cc(S(=O)(=O)C(C)C)cn1. The number of amides is 1. The van der Waals surface area contributed by atoms with Gasteiger partial charge in [-0.1, -0.05) is 0 Å². The number of alkyl halides is 6. The van der Waals surface area contributed by atoms with Crippen LogP contribution in [-0.4, -0.2) is 39.3 Å². The molecule has 0 aliphatic rings. The van der Waals surface area contributed by atoms with Crippen molar-refractivity contribution in [3.8, 4) is 5.82 Å². The monoisotopic (exact) mass is 535 g/mol. The van der Waals surface area contributed by atoms with Crippen LogP contribution < -0.4 is 5.32 Å². The molecule has 1 amide bonds. The van der Waals surface area contributed by atoms with Crippen molar-refractivity contribution >= 4 is 15.7 Å². The molecule has 1 unspecified atom stereocenters. The van der Waals surface area contributed by atoms with Gasteiger partial charge in [-0.2, -0.15) is 31.4 Å². The summed E-state index contributed by atoms with van der Waals surface area (Å²) < 4.78 is 105. The molecule has 0 fully saturated rings. The fourth-order valence-electron chi connectivity index (χ4n) is 3.10. The fourth-order valence-corrected chi connectivity index (χ4v) is 4.08. The van der Waals surface area contributed by atoms with Crippen LogP contribution >= 0.6 is 0 Å². The van der Waals surface area contributed by atoms with Gasteiger partial charge in [0.1, 0.15) is 10.6 Å². The Morgan fingerprint density at radius 2 is 1.50 bits per heavy atom. The number of halogens is 6. The molecular formula is C21H19F6N5O3S. The molecule has 36 heavy (non-hydrogen) atoms. The van der Waals surface area contributed by atoms with Crippen molar-refractivity contribution < 1.29 is 39.6 Å². The molecular weight excluding hydrogens is 516 g/mol. The van der Waals surface area contributed by atoms with Gasteiger partial charge in [0.15, 0.2) is 15.7 Å². The molecule has 0 saturated carbocycles. The maximum Gasteiger partial charge on any atom is 0.416 e. The Hall–Kier alpha value is -3.49. The van der Waals surface area contributed by atoms with Gasteiger partial charge in [0.05, 0.1) is 34.8 Å². The second-order valence-corrected chi connectivity index (χ2v) is 10.5. The number of aromatic nitrogens is 4. The zero-order valence-electron chi connectivity index (χ0n) is 18.9. The van der Waals surface area contributed by atoms with E-state index in [4.69, 9.17) is 0 Å². The first kappa shape index (κ1) is 27.1. The maximum atomic E-state index is 13.1. The molecule has 0 bridgehead atoms. The van der Waals surface area contributed by atoms with Gasteiger partial charge in [0.25, 0.3) is 5.91 Å². The number of hydrogen-bond donors (Lipinski definition) is 1. The lowest BCUT2D eigenvalue weighted by Gasteiger charge is -2.18. The number of benzene rings is 1. The third-order valence-electron chi connectivity index (χ3n) is 5.04. The second kappa shape index (κ2) is 9.52. The number of carbonyl (C=O) groups excluding carboxylic acids is 1. The first-order chi connectivity index (χ1) is 16.5. The largest absolute Gasteiger partial charge is 0.416 e. The fraction of sp³-hybridized carbons (Fsp3) is 0.333. The Kier molecular flexibility index (Phi) is 7.17. The summed E-state index contributed by atoms with van der Waals surface area (Å²) in [5.74, 6) is -1.23. The predicted octanol–water partition coefficient (Wildman–Crippen LogP) is 4.37. The number of nitrogens with one attached hydrogen (secondary N) is 1. The van der Waals surface area contributed by atoms with Crippen molar-refractivity contribution in [3.63, 3.8) is 0 Å². The van der Waals surface area contributed by atoms with E-state index in [0.717, 1.165) is 10.9 Å². The van der Waals surface area contributed by atoms with Crippen molar-refractivity contribution in [2.75, 3.05) is 0 Å². The molecule has 1 atom stereocenters. The molecule has 3 rings (SSSR count). The Morgan fingerprint density at radius 1 is 0.944 bits per heavy atom. The first-order valence-electron chi connectivity index (χ1n) is 10.2. The van der Waals surface area contributed by atoms with Crippen LogP contribution in [0.1, 0.15) is 54.0 Å². The summed E-state index contributed by atoms with van der Waals surface area (Å²) in [5, 5.41) is 5.53.